The second-order valence-corrected chi connectivity index (χ2v) is 7.42. The number of carbonyl (C=O) groups excluding carboxylic acids is 1. The molecule has 3 aromatic rings. The van der Waals surface area contributed by atoms with E-state index in [1.165, 1.54) is 21.8 Å². The lowest BCUT2D eigenvalue weighted by atomic mass is 10.2. The summed E-state index contributed by atoms with van der Waals surface area (Å²) < 4.78 is 0. The van der Waals surface area contributed by atoms with E-state index in [4.69, 9.17) is 0 Å². The number of carbonyl (C=O) groups is 1. The van der Waals surface area contributed by atoms with Gasteiger partial charge in [-0.3, -0.25) is 4.79 Å². The summed E-state index contributed by atoms with van der Waals surface area (Å²) in [4.78, 5) is 18.0. The van der Waals surface area contributed by atoms with Crippen molar-refractivity contribution in [3.8, 4) is 0 Å². The molecule has 1 aromatic carbocycles. The SMILES string of the molecule is C[C@H](Cc1cccs1)NC(=O)c1csc(Cc2ccccc2)n1. The first-order valence-corrected chi connectivity index (χ1v) is 9.28. The van der Waals surface area contributed by atoms with Crippen LogP contribution in [0, 0.1) is 0 Å². The van der Waals surface area contributed by atoms with Crippen molar-refractivity contribution < 1.29 is 4.79 Å². The Hall–Kier alpha value is -1.98. The van der Waals surface area contributed by atoms with Crippen LogP contribution in [0.4, 0.5) is 0 Å². The number of thiophene rings is 1. The second-order valence-electron chi connectivity index (χ2n) is 5.45. The van der Waals surface area contributed by atoms with Crippen LogP contribution in [0.1, 0.15) is 32.9 Å². The van der Waals surface area contributed by atoms with Gasteiger partial charge in [0.2, 0.25) is 0 Å². The highest BCUT2D eigenvalue weighted by Gasteiger charge is 2.14. The van der Waals surface area contributed by atoms with Crippen LogP contribution in [0.5, 0.6) is 0 Å². The fourth-order valence-corrected chi connectivity index (χ4v) is 3.99. The van der Waals surface area contributed by atoms with Crippen LogP contribution in [0.15, 0.2) is 53.2 Å². The second kappa shape index (κ2) is 7.53. The van der Waals surface area contributed by atoms with E-state index < -0.39 is 0 Å². The zero-order chi connectivity index (χ0) is 16.1. The number of benzene rings is 1. The molecule has 0 radical (unpaired) electrons. The van der Waals surface area contributed by atoms with Crippen LogP contribution in [0.25, 0.3) is 0 Å². The topological polar surface area (TPSA) is 42.0 Å². The molecule has 3 nitrogen and oxygen atoms in total. The largest absolute Gasteiger partial charge is 0.348 e. The van der Waals surface area contributed by atoms with Gasteiger partial charge >= 0.3 is 0 Å². The Labute approximate surface area is 144 Å². The molecule has 118 valence electrons. The molecule has 0 fully saturated rings. The molecule has 0 aliphatic rings. The first-order valence-electron chi connectivity index (χ1n) is 7.52. The van der Waals surface area contributed by atoms with E-state index in [-0.39, 0.29) is 11.9 Å². The highest BCUT2D eigenvalue weighted by atomic mass is 32.1. The van der Waals surface area contributed by atoms with Crippen LogP contribution in [0.2, 0.25) is 0 Å². The van der Waals surface area contributed by atoms with Gasteiger partial charge in [-0.15, -0.1) is 22.7 Å². The molecule has 1 amide bonds. The number of thiazole rings is 1. The molecule has 0 saturated heterocycles. The third-order valence-electron chi connectivity index (χ3n) is 3.45. The van der Waals surface area contributed by atoms with Crippen LogP contribution in [-0.4, -0.2) is 16.9 Å². The molecule has 0 aliphatic heterocycles. The smallest absolute Gasteiger partial charge is 0.270 e. The zero-order valence-electron chi connectivity index (χ0n) is 12.9. The van der Waals surface area contributed by atoms with E-state index in [2.05, 4.69) is 33.9 Å². The summed E-state index contributed by atoms with van der Waals surface area (Å²) in [6, 6.07) is 14.4. The van der Waals surface area contributed by atoms with Gasteiger partial charge in [0, 0.05) is 29.1 Å². The number of hydrogen-bond donors (Lipinski definition) is 1. The van der Waals surface area contributed by atoms with E-state index in [1.54, 1.807) is 11.3 Å². The molecule has 1 atom stereocenters. The Kier molecular flexibility index (Phi) is 5.20. The number of rotatable bonds is 6. The van der Waals surface area contributed by atoms with Crippen LogP contribution in [0.3, 0.4) is 0 Å². The van der Waals surface area contributed by atoms with Gasteiger partial charge in [-0.1, -0.05) is 36.4 Å². The molecule has 0 spiro atoms. The van der Waals surface area contributed by atoms with E-state index in [0.717, 1.165) is 17.8 Å². The molecule has 2 aromatic heterocycles. The number of nitrogens with zero attached hydrogens (tertiary/aromatic N) is 1. The average Bonchev–Trinajstić information content (AvgIpc) is 3.20. The fraction of sp³-hybridized carbons (Fsp3) is 0.222. The molecule has 1 N–H and O–H groups in total. The Morgan fingerprint density at radius 2 is 2.00 bits per heavy atom. The Bertz CT molecular complexity index is 750. The van der Waals surface area contributed by atoms with Gasteiger partial charge in [-0.05, 0) is 23.9 Å². The van der Waals surface area contributed by atoms with Crippen molar-refractivity contribution in [1.82, 2.24) is 10.3 Å². The number of nitrogens with one attached hydrogen (secondary N) is 1. The highest BCUT2D eigenvalue weighted by molar-refractivity contribution is 7.10. The van der Waals surface area contributed by atoms with Crippen molar-refractivity contribution in [3.05, 3.63) is 74.4 Å². The van der Waals surface area contributed by atoms with Gasteiger partial charge in [-0.25, -0.2) is 4.98 Å². The molecule has 23 heavy (non-hydrogen) atoms. The summed E-state index contributed by atoms with van der Waals surface area (Å²) in [7, 11) is 0. The van der Waals surface area contributed by atoms with Crippen LogP contribution < -0.4 is 5.32 Å². The molecule has 5 heteroatoms. The van der Waals surface area contributed by atoms with Gasteiger partial charge in [0.1, 0.15) is 5.69 Å². The molecular weight excluding hydrogens is 324 g/mol. The summed E-state index contributed by atoms with van der Waals surface area (Å²) in [6.07, 6.45) is 1.62. The zero-order valence-corrected chi connectivity index (χ0v) is 14.5. The normalized spacial score (nSPS) is 12.0. The van der Waals surface area contributed by atoms with Crippen molar-refractivity contribution in [2.45, 2.75) is 25.8 Å². The molecule has 0 saturated carbocycles. The third-order valence-corrected chi connectivity index (χ3v) is 5.20. The molecule has 0 unspecified atom stereocenters. The van der Waals surface area contributed by atoms with Gasteiger partial charge in [0.05, 0.1) is 5.01 Å². The average molecular weight is 342 g/mol. The fourth-order valence-electron chi connectivity index (χ4n) is 2.35. The minimum Gasteiger partial charge on any atom is -0.348 e. The van der Waals surface area contributed by atoms with Crippen LogP contribution >= 0.6 is 22.7 Å². The summed E-state index contributed by atoms with van der Waals surface area (Å²) in [6.45, 7) is 2.02. The molecule has 3 rings (SSSR count). The standard InChI is InChI=1S/C18H18N2OS2/c1-13(10-15-8-5-9-22-15)19-18(21)16-12-23-17(20-16)11-14-6-3-2-4-7-14/h2-9,12-13H,10-11H2,1H3,(H,19,21)/t13-/m1/s1. The number of amides is 1. The van der Waals surface area contributed by atoms with E-state index >= 15 is 0 Å². The number of aromatic nitrogens is 1. The van der Waals surface area contributed by atoms with Crippen molar-refractivity contribution in [3.63, 3.8) is 0 Å². The maximum Gasteiger partial charge on any atom is 0.270 e. The number of hydrogen-bond acceptors (Lipinski definition) is 4. The van der Waals surface area contributed by atoms with Gasteiger partial charge in [-0.2, -0.15) is 0 Å². The van der Waals surface area contributed by atoms with Crippen molar-refractivity contribution in [1.29, 1.82) is 0 Å². The van der Waals surface area contributed by atoms with Crippen molar-refractivity contribution in [2.24, 2.45) is 0 Å². The summed E-state index contributed by atoms with van der Waals surface area (Å²) in [5, 5.41) is 7.88. The lowest BCUT2D eigenvalue weighted by Gasteiger charge is -2.11. The van der Waals surface area contributed by atoms with Gasteiger partial charge < -0.3 is 5.32 Å². The van der Waals surface area contributed by atoms with Crippen LogP contribution in [-0.2, 0) is 12.8 Å². The minimum atomic E-state index is -0.0929. The first-order chi connectivity index (χ1) is 11.2. The summed E-state index contributed by atoms with van der Waals surface area (Å²) >= 11 is 3.25. The lowest BCUT2D eigenvalue weighted by Crippen LogP contribution is -2.34. The van der Waals surface area contributed by atoms with Crippen molar-refractivity contribution >= 4 is 28.6 Å². The molecule has 2 heterocycles. The van der Waals surface area contributed by atoms with Gasteiger partial charge in [0.25, 0.3) is 5.91 Å². The third kappa shape index (κ3) is 4.50. The molecule has 0 aliphatic carbocycles. The lowest BCUT2D eigenvalue weighted by molar-refractivity contribution is 0.0935. The monoisotopic (exact) mass is 342 g/mol. The highest BCUT2D eigenvalue weighted by Crippen LogP contribution is 2.15. The molecule has 0 bridgehead atoms. The maximum atomic E-state index is 12.3. The Morgan fingerprint density at radius 1 is 1.17 bits per heavy atom. The van der Waals surface area contributed by atoms with Gasteiger partial charge in [0.15, 0.2) is 0 Å². The molecular formula is C18H18N2OS2. The summed E-state index contributed by atoms with van der Waals surface area (Å²) in [5.74, 6) is -0.0929. The summed E-state index contributed by atoms with van der Waals surface area (Å²) in [5.41, 5.74) is 1.72. The minimum absolute atomic E-state index is 0.0929. The Balaban J connectivity index is 1.57. The maximum absolute atomic E-state index is 12.3. The quantitative estimate of drug-likeness (QED) is 0.731. The Morgan fingerprint density at radius 3 is 2.74 bits per heavy atom. The predicted molar refractivity (Wildman–Crippen MR) is 96.3 cm³/mol. The first kappa shape index (κ1) is 15.9. The van der Waals surface area contributed by atoms with Crippen molar-refractivity contribution in [2.75, 3.05) is 0 Å². The predicted octanol–water partition coefficient (Wildman–Crippen LogP) is 4.16. The van der Waals surface area contributed by atoms with E-state index in [0.29, 0.717) is 5.69 Å². The van der Waals surface area contributed by atoms with E-state index in [1.807, 2.05) is 36.6 Å². The van der Waals surface area contributed by atoms with E-state index in [9.17, 15) is 4.79 Å².